The highest BCUT2D eigenvalue weighted by molar-refractivity contribution is 5.45. The van der Waals surface area contributed by atoms with Gasteiger partial charge in [0.05, 0.1) is 6.61 Å². The summed E-state index contributed by atoms with van der Waals surface area (Å²) in [4.78, 5) is 8.78. The molecule has 0 bridgehead atoms. The fraction of sp³-hybridized carbons (Fsp3) is 0.375. The molecule has 0 fully saturated rings. The van der Waals surface area contributed by atoms with Crippen molar-refractivity contribution in [3.8, 4) is 0 Å². The number of anilines is 1. The molecule has 0 saturated carbocycles. The molecule has 0 atom stereocenters. The van der Waals surface area contributed by atoms with Crippen molar-refractivity contribution in [3.05, 3.63) is 52.5 Å². The van der Waals surface area contributed by atoms with Crippen LogP contribution in [0.5, 0.6) is 0 Å². The van der Waals surface area contributed by atoms with Crippen molar-refractivity contribution in [1.29, 1.82) is 0 Å². The number of benzene rings is 1. The van der Waals surface area contributed by atoms with Crippen molar-refractivity contribution in [1.82, 2.24) is 9.97 Å². The SMILES string of the molecule is Cc1nc(C)c(C)c(NCCc2ccc(CO)cc2)n1. The first-order valence-corrected chi connectivity index (χ1v) is 6.84. The maximum Gasteiger partial charge on any atom is 0.132 e. The van der Waals surface area contributed by atoms with Crippen LogP contribution in [0.3, 0.4) is 0 Å². The largest absolute Gasteiger partial charge is 0.392 e. The molecule has 0 spiro atoms. The number of hydrogen-bond acceptors (Lipinski definition) is 4. The third-order valence-corrected chi connectivity index (χ3v) is 3.41. The normalized spacial score (nSPS) is 10.6. The molecule has 2 N–H and O–H groups in total. The summed E-state index contributed by atoms with van der Waals surface area (Å²) in [5.41, 5.74) is 4.31. The molecule has 0 aliphatic rings. The molecule has 1 aromatic carbocycles. The van der Waals surface area contributed by atoms with Crippen molar-refractivity contribution in [2.24, 2.45) is 0 Å². The van der Waals surface area contributed by atoms with Gasteiger partial charge in [0.15, 0.2) is 0 Å². The summed E-state index contributed by atoms with van der Waals surface area (Å²) < 4.78 is 0. The van der Waals surface area contributed by atoms with E-state index in [2.05, 4.69) is 27.4 Å². The number of hydrogen-bond donors (Lipinski definition) is 2. The Morgan fingerprint density at radius 3 is 2.30 bits per heavy atom. The maximum absolute atomic E-state index is 9.01. The van der Waals surface area contributed by atoms with Crippen LogP contribution in [0.25, 0.3) is 0 Å². The minimum absolute atomic E-state index is 0.0945. The van der Waals surface area contributed by atoms with Crippen molar-refractivity contribution in [3.63, 3.8) is 0 Å². The molecule has 20 heavy (non-hydrogen) atoms. The Morgan fingerprint density at radius 2 is 1.65 bits per heavy atom. The van der Waals surface area contributed by atoms with E-state index in [1.54, 1.807) is 0 Å². The van der Waals surface area contributed by atoms with Gasteiger partial charge in [-0.3, -0.25) is 0 Å². The fourth-order valence-corrected chi connectivity index (χ4v) is 2.08. The second-order valence-corrected chi connectivity index (χ2v) is 4.98. The highest BCUT2D eigenvalue weighted by Gasteiger charge is 2.05. The second kappa shape index (κ2) is 6.48. The second-order valence-electron chi connectivity index (χ2n) is 4.98. The monoisotopic (exact) mass is 271 g/mol. The Morgan fingerprint density at radius 1 is 1.00 bits per heavy atom. The topological polar surface area (TPSA) is 58.0 Å². The van der Waals surface area contributed by atoms with Gasteiger partial charge in [-0.2, -0.15) is 0 Å². The average Bonchev–Trinajstić information content (AvgIpc) is 2.44. The third kappa shape index (κ3) is 3.54. The lowest BCUT2D eigenvalue weighted by Gasteiger charge is -2.11. The molecule has 0 aliphatic heterocycles. The Hall–Kier alpha value is -1.94. The Bertz CT molecular complexity index is 579. The van der Waals surface area contributed by atoms with E-state index < -0.39 is 0 Å². The lowest BCUT2D eigenvalue weighted by molar-refractivity contribution is 0.282. The molecular weight excluding hydrogens is 250 g/mol. The van der Waals surface area contributed by atoms with Crippen molar-refractivity contribution in [2.75, 3.05) is 11.9 Å². The number of aliphatic hydroxyl groups excluding tert-OH is 1. The van der Waals surface area contributed by atoms with Gasteiger partial charge in [-0.15, -0.1) is 0 Å². The van der Waals surface area contributed by atoms with Gasteiger partial charge in [0, 0.05) is 17.8 Å². The lowest BCUT2D eigenvalue weighted by atomic mass is 10.1. The number of nitrogens with one attached hydrogen (secondary N) is 1. The quantitative estimate of drug-likeness (QED) is 0.877. The zero-order valence-corrected chi connectivity index (χ0v) is 12.3. The van der Waals surface area contributed by atoms with E-state index in [1.165, 1.54) is 5.56 Å². The number of aromatic nitrogens is 2. The van der Waals surface area contributed by atoms with E-state index in [9.17, 15) is 0 Å². The first-order chi connectivity index (χ1) is 9.60. The van der Waals surface area contributed by atoms with Crippen LogP contribution in [0.2, 0.25) is 0 Å². The molecule has 4 heteroatoms. The lowest BCUT2D eigenvalue weighted by Crippen LogP contribution is -2.10. The molecule has 0 aliphatic carbocycles. The molecule has 0 radical (unpaired) electrons. The van der Waals surface area contributed by atoms with Crippen LogP contribution < -0.4 is 5.32 Å². The van der Waals surface area contributed by atoms with Gasteiger partial charge < -0.3 is 10.4 Å². The molecule has 1 heterocycles. The van der Waals surface area contributed by atoms with E-state index in [0.717, 1.165) is 41.4 Å². The van der Waals surface area contributed by atoms with E-state index in [4.69, 9.17) is 5.11 Å². The van der Waals surface area contributed by atoms with Crippen molar-refractivity contribution < 1.29 is 5.11 Å². The van der Waals surface area contributed by atoms with Crippen molar-refractivity contribution >= 4 is 5.82 Å². The van der Waals surface area contributed by atoms with Crippen LogP contribution in [-0.2, 0) is 13.0 Å². The van der Waals surface area contributed by atoms with E-state index >= 15 is 0 Å². The van der Waals surface area contributed by atoms with Crippen LogP contribution in [0.1, 0.15) is 28.2 Å². The fourth-order valence-electron chi connectivity index (χ4n) is 2.08. The van der Waals surface area contributed by atoms with Crippen LogP contribution >= 0.6 is 0 Å². The number of nitrogens with zero attached hydrogens (tertiary/aromatic N) is 2. The van der Waals surface area contributed by atoms with E-state index in [1.807, 2.05) is 32.9 Å². The van der Waals surface area contributed by atoms with Gasteiger partial charge in [-0.1, -0.05) is 24.3 Å². The molecule has 2 rings (SSSR count). The zero-order valence-electron chi connectivity index (χ0n) is 12.3. The minimum atomic E-state index is 0.0945. The van der Waals surface area contributed by atoms with Gasteiger partial charge in [0.25, 0.3) is 0 Å². The summed E-state index contributed by atoms with van der Waals surface area (Å²) >= 11 is 0. The molecule has 2 aromatic rings. The standard InChI is InChI=1S/C16H21N3O/c1-11-12(2)18-13(3)19-16(11)17-9-8-14-4-6-15(10-20)7-5-14/h4-7,20H,8-10H2,1-3H3,(H,17,18,19). The van der Waals surface area contributed by atoms with Crippen molar-refractivity contribution in [2.45, 2.75) is 33.8 Å². The smallest absolute Gasteiger partial charge is 0.132 e. The molecule has 0 saturated heterocycles. The third-order valence-electron chi connectivity index (χ3n) is 3.41. The Kier molecular flexibility index (Phi) is 4.69. The van der Waals surface area contributed by atoms with Gasteiger partial charge in [0.1, 0.15) is 11.6 Å². The molecule has 106 valence electrons. The highest BCUT2D eigenvalue weighted by Crippen LogP contribution is 2.14. The first-order valence-electron chi connectivity index (χ1n) is 6.84. The van der Waals surface area contributed by atoms with Crippen LogP contribution in [0, 0.1) is 20.8 Å². The van der Waals surface area contributed by atoms with E-state index in [-0.39, 0.29) is 6.61 Å². The average molecular weight is 271 g/mol. The molecule has 0 amide bonds. The van der Waals surface area contributed by atoms with Gasteiger partial charge in [-0.25, -0.2) is 9.97 Å². The Balaban J connectivity index is 1.95. The number of rotatable bonds is 5. The highest BCUT2D eigenvalue weighted by atomic mass is 16.3. The van der Waals surface area contributed by atoms with Crippen LogP contribution in [0.4, 0.5) is 5.82 Å². The summed E-state index contributed by atoms with van der Waals surface area (Å²) in [5.74, 6) is 1.71. The maximum atomic E-state index is 9.01. The molecular formula is C16H21N3O. The zero-order chi connectivity index (χ0) is 14.5. The van der Waals surface area contributed by atoms with Gasteiger partial charge in [0.2, 0.25) is 0 Å². The minimum Gasteiger partial charge on any atom is -0.392 e. The summed E-state index contributed by atoms with van der Waals surface area (Å²) in [7, 11) is 0. The molecule has 1 aromatic heterocycles. The van der Waals surface area contributed by atoms with Gasteiger partial charge >= 0.3 is 0 Å². The summed E-state index contributed by atoms with van der Waals surface area (Å²) in [6.45, 7) is 6.87. The van der Waals surface area contributed by atoms with Crippen LogP contribution in [0.15, 0.2) is 24.3 Å². The number of aliphatic hydroxyl groups is 1. The van der Waals surface area contributed by atoms with Crippen LogP contribution in [-0.4, -0.2) is 21.6 Å². The number of aryl methyl sites for hydroxylation is 2. The molecule has 4 nitrogen and oxygen atoms in total. The van der Waals surface area contributed by atoms with Gasteiger partial charge in [-0.05, 0) is 38.3 Å². The van der Waals surface area contributed by atoms with E-state index in [0.29, 0.717) is 0 Å². The predicted octanol–water partition coefficient (Wildman–Crippen LogP) is 2.55. The predicted molar refractivity (Wildman–Crippen MR) is 80.8 cm³/mol. The first kappa shape index (κ1) is 14.5. The summed E-state index contributed by atoms with van der Waals surface area (Å²) in [5, 5.41) is 12.4. The Labute approximate surface area is 119 Å². The molecule has 0 unspecified atom stereocenters. The summed E-state index contributed by atoms with van der Waals surface area (Å²) in [6, 6.07) is 8.02. The summed E-state index contributed by atoms with van der Waals surface area (Å²) in [6.07, 6.45) is 0.924.